The number of hydrogen-bond donors (Lipinski definition) is 1. The average Bonchev–Trinajstić information content (AvgIpc) is 3.46. The zero-order chi connectivity index (χ0) is 31.0. The average molecular weight is 613 g/mol. The van der Waals surface area contributed by atoms with Crippen molar-refractivity contribution < 1.29 is 46.8 Å². The van der Waals surface area contributed by atoms with Gasteiger partial charge in [-0.1, -0.05) is 6.07 Å². The molecule has 3 heterocycles. The van der Waals surface area contributed by atoms with Gasteiger partial charge in [0, 0.05) is 46.3 Å². The molecule has 3 fully saturated rings. The van der Waals surface area contributed by atoms with E-state index < -0.39 is 23.5 Å². The monoisotopic (exact) mass is 612 g/mol. The number of carbonyl (C=O) groups excluding carboxylic acids is 2. The Kier molecular flexibility index (Phi) is 9.21. The van der Waals surface area contributed by atoms with Crippen molar-refractivity contribution in [2.45, 2.75) is 77.0 Å². The summed E-state index contributed by atoms with van der Waals surface area (Å²) in [4.78, 5) is 30.9. The summed E-state index contributed by atoms with van der Waals surface area (Å²) in [5.74, 6) is 0.171. The van der Waals surface area contributed by atoms with E-state index in [1.807, 2.05) is 0 Å². The molecule has 9 nitrogen and oxygen atoms in total. The van der Waals surface area contributed by atoms with E-state index in [1.54, 1.807) is 36.8 Å². The molecule has 0 bridgehead atoms. The third-order valence-corrected chi connectivity index (χ3v) is 9.68. The van der Waals surface area contributed by atoms with Crippen LogP contribution >= 0.6 is 0 Å². The molecule has 0 radical (unpaired) electrons. The molecule has 43 heavy (non-hydrogen) atoms. The lowest BCUT2D eigenvalue weighted by molar-refractivity contribution is -0.274. The standard InChI is InChI=1S/C31H43F3N2O7/c1-29(2,39)8-11-42-28(38)36-17-24-13-20(12-22-7-10-41-18-26(22)40-3)15-30(24,19-36)27(37)35-9-6-21-4-5-25(14-23(21)16-35)43-31(32,33)34/h4-5,14,20,22,24,26,39H,6-13,15-19H2,1-3H3/t20-,22?,24+,26?,30+/m1/s1. The van der Waals surface area contributed by atoms with Crippen LogP contribution in [0, 0.1) is 23.2 Å². The Labute approximate surface area is 250 Å². The van der Waals surface area contributed by atoms with Crippen molar-refractivity contribution in [2.24, 2.45) is 23.2 Å². The summed E-state index contributed by atoms with van der Waals surface area (Å²) < 4.78 is 59.5. The second-order valence-electron chi connectivity index (χ2n) is 13.3. The Morgan fingerprint density at radius 2 is 1.98 bits per heavy atom. The molecule has 5 atom stereocenters. The molecule has 2 saturated heterocycles. The van der Waals surface area contributed by atoms with E-state index in [4.69, 9.17) is 14.2 Å². The van der Waals surface area contributed by atoms with Crippen LogP contribution in [0.3, 0.4) is 0 Å². The summed E-state index contributed by atoms with van der Waals surface area (Å²) in [6.07, 6.45) is -1.25. The second kappa shape index (κ2) is 12.4. The van der Waals surface area contributed by atoms with Gasteiger partial charge in [-0.05, 0) is 87.0 Å². The van der Waals surface area contributed by atoms with E-state index in [-0.39, 0.29) is 49.3 Å². The SMILES string of the molecule is COC1COCCC1C[C@@H]1C[C@H]2CN(C(=O)OCCC(C)(C)O)C[C@@]2(C(=O)N2CCc3ccc(OC(F)(F)F)cc3C2)C1. The fraction of sp³-hybridized carbons (Fsp3) is 0.742. The molecule has 0 spiro atoms. The molecule has 240 valence electrons. The molecule has 5 rings (SSSR count). The van der Waals surface area contributed by atoms with Gasteiger partial charge in [-0.2, -0.15) is 0 Å². The maximum absolute atomic E-state index is 14.5. The van der Waals surface area contributed by atoms with Crippen molar-refractivity contribution in [1.29, 1.82) is 0 Å². The second-order valence-corrected chi connectivity index (χ2v) is 13.3. The van der Waals surface area contributed by atoms with Crippen LogP contribution in [-0.2, 0) is 32.0 Å². The number of methoxy groups -OCH3 is 1. The van der Waals surface area contributed by atoms with Crippen molar-refractivity contribution in [2.75, 3.05) is 46.6 Å². The van der Waals surface area contributed by atoms with Gasteiger partial charge < -0.3 is 33.9 Å². The van der Waals surface area contributed by atoms with Gasteiger partial charge in [0.15, 0.2) is 0 Å². The summed E-state index contributed by atoms with van der Waals surface area (Å²) in [6.45, 7) is 5.88. The fourth-order valence-electron chi connectivity index (χ4n) is 7.57. The number of ether oxygens (including phenoxy) is 4. The first-order valence-corrected chi connectivity index (χ1v) is 15.2. The van der Waals surface area contributed by atoms with Crippen molar-refractivity contribution in [3.05, 3.63) is 29.3 Å². The number of fused-ring (bicyclic) bond motifs is 2. The van der Waals surface area contributed by atoms with E-state index in [2.05, 4.69) is 4.74 Å². The normalized spacial score (nSPS) is 29.3. The first-order chi connectivity index (χ1) is 20.3. The molecule has 12 heteroatoms. The number of likely N-dealkylation sites (tertiary alicyclic amines) is 1. The highest BCUT2D eigenvalue weighted by Crippen LogP contribution is 2.54. The molecule has 2 unspecified atom stereocenters. The number of halogens is 3. The van der Waals surface area contributed by atoms with Crippen molar-refractivity contribution >= 4 is 12.0 Å². The molecule has 3 aliphatic heterocycles. The van der Waals surface area contributed by atoms with Crippen LogP contribution in [0.4, 0.5) is 18.0 Å². The van der Waals surface area contributed by atoms with Crippen molar-refractivity contribution in [3.63, 3.8) is 0 Å². The van der Waals surface area contributed by atoms with Crippen LogP contribution in [0.25, 0.3) is 0 Å². The number of benzene rings is 1. The smallest absolute Gasteiger partial charge is 0.449 e. The predicted molar refractivity (Wildman–Crippen MR) is 149 cm³/mol. The number of carbonyl (C=O) groups is 2. The van der Waals surface area contributed by atoms with Gasteiger partial charge in [0.05, 0.1) is 30.3 Å². The Balaban J connectivity index is 1.33. The van der Waals surface area contributed by atoms with Crippen LogP contribution < -0.4 is 4.74 Å². The topological polar surface area (TPSA) is 97.8 Å². The minimum atomic E-state index is -4.80. The molecule has 4 aliphatic rings. The minimum absolute atomic E-state index is 0.00908. The third kappa shape index (κ3) is 7.39. The molecule has 0 aromatic heterocycles. The third-order valence-electron chi connectivity index (χ3n) is 9.68. The van der Waals surface area contributed by atoms with Crippen LogP contribution in [0.5, 0.6) is 5.75 Å². The molecular weight excluding hydrogens is 569 g/mol. The predicted octanol–water partition coefficient (Wildman–Crippen LogP) is 4.54. The number of nitrogens with zero attached hydrogens (tertiary/aromatic N) is 2. The van der Waals surface area contributed by atoms with Crippen LogP contribution in [0.2, 0.25) is 0 Å². The highest BCUT2D eigenvalue weighted by Gasteiger charge is 2.60. The minimum Gasteiger partial charge on any atom is -0.449 e. The van der Waals surface area contributed by atoms with E-state index in [1.165, 1.54) is 12.1 Å². The van der Waals surface area contributed by atoms with Gasteiger partial charge in [0.1, 0.15) is 5.75 Å². The Morgan fingerprint density at radius 1 is 1.19 bits per heavy atom. The highest BCUT2D eigenvalue weighted by atomic mass is 19.4. The molecule has 2 amide bonds. The van der Waals surface area contributed by atoms with Crippen LogP contribution in [-0.4, -0.2) is 91.5 Å². The van der Waals surface area contributed by atoms with Crippen molar-refractivity contribution in [1.82, 2.24) is 9.80 Å². The largest absolute Gasteiger partial charge is 0.573 e. The zero-order valence-electron chi connectivity index (χ0n) is 25.2. The lowest BCUT2D eigenvalue weighted by Gasteiger charge is -2.37. The molecular formula is C31H43F3N2O7. The molecule has 1 aromatic rings. The highest BCUT2D eigenvalue weighted by molar-refractivity contribution is 5.86. The first kappa shape index (κ1) is 31.8. The van der Waals surface area contributed by atoms with Crippen LogP contribution in [0.15, 0.2) is 18.2 Å². The summed E-state index contributed by atoms with van der Waals surface area (Å²) in [5.41, 5.74) is -0.239. The number of hydrogen-bond acceptors (Lipinski definition) is 7. The summed E-state index contributed by atoms with van der Waals surface area (Å²) in [7, 11) is 1.70. The Morgan fingerprint density at radius 3 is 2.70 bits per heavy atom. The quantitative estimate of drug-likeness (QED) is 0.461. The number of rotatable bonds is 8. The van der Waals surface area contributed by atoms with Gasteiger partial charge in [-0.15, -0.1) is 13.2 Å². The fourth-order valence-corrected chi connectivity index (χ4v) is 7.57. The Hall–Kier alpha value is -2.57. The maximum atomic E-state index is 14.5. The molecule has 1 aliphatic carbocycles. The molecule has 1 aromatic carbocycles. The Bertz CT molecular complexity index is 1170. The molecule has 1 saturated carbocycles. The summed E-state index contributed by atoms with van der Waals surface area (Å²) in [5, 5.41) is 9.99. The number of aliphatic hydroxyl groups is 1. The maximum Gasteiger partial charge on any atom is 0.573 e. The zero-order valence-corrected chi connectivity index (χ0v) is 25.2. The van der Waals surface area contributed by atoms with Gasteiger partial charge in [0.2, 0.25) is 5.91 Å². The van der Waals surface area contributed by atoms with Gasteiger partial charge in [-0.3, -0.25) is 4.79 Å². The lowest BCUT2D eigenvalue weighted by atomic mass is 9.77. The van der Waals surface area contributed by atoms with E-state index >= 15 is 0 Å². The number of alkyl halides is 3. The number of amides is 2. The molecule has 1 N–H and O–H groups in total. The van der Waals surface area contributed by atoms with Crippen molar-refractivity contribution in [3.8, 4) is 5.75 Å². The van der Waals surface area contributed by atoms with E-state index in [0.29, 0.717) is 57.0 Å². The lowest BCUT2D eigenvalue weighted by Crippen LogP contribution is -2.49. The first-order valence-electron chi connectivity index (χ1n) is 15.2. The van der Waals surface area contributed by atoms with Gasteiger partial charge >= 0.3 is 12.5 Å². The summed E-state index contributed by atoms with van der Waals surface area (Å²) >= 11 is 0. The van der Waals surface area contributed by atoms with Gasteiger partial charge in [0.25, 0.3) is 0 Å². The van der Waals surface area contributed by atoms with E-state index in [9.17, 15) is 27.9 Å². The van der Waals surface area contributed by atoms with E-state index in [0.717, 1.165) is 24.8 Å². The van der Waals surface area contributed by atoms with Gasteiger partial charge in [-0.25, -0.2) is 4.79 Å². The summed E-state index contributed by atoms with van der Waals surface area (Å²) in [6, 6.07) is 4.31. The van der Waals surface area contributed by atoms with Crippen LogP contribution in [0.1, 0.15) is 57.1 Å².